The molecule has 116 valence electrons. The monoisotopic (exact) mass is 326 g/mol. The first-order chi connectivity index (χ1) is 11.0. The molecular formula is C18H15FN2OS. The fourth-order valence-corrected chi connectivity index (χ4v) is 2.98. The smallest absolute Gasteiger partial charge is 0.259 e. The van der Waals surface area contributed by atoms with Crippen LogP contribution in [-0.4, -0.2) is 17.9 Å². The van der Waals surface area contributed by atoms with Crippen molar-refractivity contribution in [3.8, 4) is 11.3 Å². The number of carbonyl (C=O) groups excluding carboxylic acids is 1. The van der Waals surface area contributed by atoms with E-state index >= 15 is 0 Å². The molecule has 1 aromatic heterocycles. The van der Waals surface area contributed by atoms with Crippen LogP contribution < -0.4 is 4.90 Å². The summed E-state index contributed by atoms with van der Waals surface area (Å²) in [4.78, 5) is 18.4. The second-order valence-electron chi connectivity index (χ2n) is 5.26. The zero-order valence-corrected chi connectivity index (χ0v) is 13.6. The van der Waals surface area contributed by atoms with Crippen LogP contribution in [0.1, 0.15) is 15.9 Å². The number of aromatic nitrogens is 1. The van der Waals surface area contributed by atoms with Crippen LogP contribution in [0.4, 0.5) is 9.52 Å². The minimum absolute atomic E-state index is 0.283. The minimum atomic E-state index is -0.427. The Morgan fingerprint density at radius 3 is 2.61 bits per heavy atom. The lowest BCUT2D eigenvalue weighted by Crippen LogP contribution is -2.26. The van der Waals surface area contributed by atoms with Gasteiger partial charge in [-0.1, -0.05) is 35.9 Å². The molecule has 3 aromatic rings. The van der Waals surface area contributed by atoms with Gasteiger partial charge < -0.3 is 0 Å². The van der Waals surface area contributed by atoms with Gasteiger partial charge in [0.05, 0.1) is 5.69 Å². The summed E-state index contributed by atoms with van der Waals surface area (Å²) in [6.07, 6.45) is 0. The van der Waals surface area contributed by atoms with Gasteiger partial charge in [-0.25, -0.2) is 9.37 Å². The molecule has 0 radical (unpaired) electrons. The van der Waals surface area contributed by atoms with E-state index in [9.17, 15) is 9.18 Å². The third-order valence-electron chi connectivity index (χ3n) is 3.50. The van der Waals surface area contributed by atoms with E-state index in [4.69, 9.17) is 0 Å². The molecule has 23 heavy (non-hydrogen) atoms. The molecule has 0 aliphatic carbocycles. The van der Waals surface area contributed by atoms with Crippen LogP contribution >= 0.6 is 11.3 Å². The Balaban J connectivity index is 1.84. The van der Waals surface area contributed by atoms with Crippen molar-refractivity contribution in [1.29, 1.82) is 0 Å². The van der Waals surface area contributed by atoms with Crippen molar-refractivity contribution >= 4 is 22.4 Å². The Hall–Kier alpha value is -2.53. The topological polar surface area (TPSA) is 33.2 Å². The van der Waals surface area contributed by atoms with Crippen LogP contribution in [0.5, 0.6) is 0 Å². The van der Waals surface area contributed by atoms with Crippen LogP contribution in [0.15, 0.2) is 53.9 Å². The Labute approximate surface area is 138 Å². The van der Waals surface area contributed by atoms with Gasteiger partial charge in [-0.2, -0.15) is 0 Å². The quantitative estimate of drug-likeness (QED) is 0.708. The summed E-state index contributed by atoms with van der Waals surface area (Å²) in [5.41, 5.74) is 3.32. The van der Waals surface area contributed by atoms with E-state index in [-0.39, 0.29) is 5.91 Å². The van der Waals surface area contributed by atoms with E-state index in [0.717, 1.165) is 11.3 Å². The standard InChI is InChI=1S/C18H15FN2OS/c1-12-6-8-13(9-7-12)16-11-23-18(20-16)21(2)17(22)14-4-3-5-15(19)10-14/h3-11H,1-2H3. The summed E-state index contributed by atoms with van der Waals surface area (Å²) in [7, 11) is 1.64. The Morgan fingerprint density at radius 2 is 1.91 bits per heavy atom. The molecule has 0 spiro atoms. The maximum atomic E-state index is 13.3. The highest BCUT2D eigenvalue weighted by atomic mass is 32.1. The van der Waals surface area contributed by atoms with Gasteiger partial charge in [-0.3, -0.25) is 9.69 Å². The molecular weight excluding hydrogens is 311 g/mol. The Morgan fingerprint density at radius 1 is 1.17 bits per heavy atom. The zero-order valence-electron chi connectivity index (χ0n) is 12.8. The van der Waals surface area contributed by atoms with Gasteiger partial charge in [-0.05, 0) is 25.1 Å². The molecule has 3 nitrogen and oxygen atoms in total. The first-order valence-corrected chi connectivity index (χ1v) is 7.99. The summed E-state index contributed by atoms with van der Waals surface area (Å²) in [6.45, 7) is 2.03. The van der Waals surface area contributed by atoms with E-state index < -0.39 is 5.82 Å². The number of halogens is 1. The van der Waals surface area contributed by atoms with Gasteiger partial charge in [-0.15, -0.1) is 11.3 Å². The SMILES string of the molecule is Cc1ccc(-c2csc(N(C)C(=O)c3cccc(F)c3)n2)cc1. The van der Waals surface area contributed by atoms with Crippen molar-refractivity contribution in [3.63, 3.8) is 0 Å². The fourth-order valence-electron chi connectivity index (χ4n) is 2.18. The van der Waals surface area contributed by atoms with Crippen molar-refractivity contribution in [1.82, 2.24) is 4.98 Å². The molecule has 1 amide bonds. The van der Waals surface area contributed by atoms with Crippen LogP contribution in [0.3, 0.4) is 0 Å². The van der Waals surface area contributed by atoms with Crippen LogP contribution in [0.25, 0.3) is 11.3 Å². The van der Waals surface area contributed by atoms with E-state index in [1.807, 2.05) is 36.6 Å². The molecule has 0 aliphatic rings. The first kappa shape index (κ1) is 15.4. The van der Waals surface area contributed by atoms with Crippen LogP contribution in [0, 0.1) is 12.7 Å². The van der Waals surface area contributed by atoms with E-state index in [1.165, 1.54) is 40.0 Å². The number of aryl methyl sites for hydroxylation is 1. The lowest BCUT2D eigenvalue weighted by molar-refractivity contribution is 0.0992. The average molecular weight is 326 g/mol. The van der Waals surface area contributed by atoms with Gasteiger partial charge in [0.25, 0.3) is 5.91 Å². The summed E-state index contributed by atoms with van der Waals surface area (Å²) < 4.78 is 13.3. The number of hydrogen-bond acceptors (Lipinski definition) is 3. The second kappa shape index (κ2) is 6.30. The predicted octanol–water partition coefficient (Wildman–Crippen LogP) is 4.53. The van der Waals surface area contributed by atoms with E-state index in [2.05, 4.69) is 4.98 Å². The average Bonchev–Trinajstić information content (AvgIpc) is 3.04. The lowest BCUT2D eigenvalue weighted by atomic mass is 10.1. The van der Waals surface area contributed by atoms with Crippen molar-refractivity contribution < 1.29 is 9.18 Å². The summed E-state index contributed by atoms with van der Waals surface area (Å²) in [6, 6.07) is 13.7. The van der Waals surface area contributed by atoms with Crippen molar-refractivity contribution in [2.45, 2.75) is 6.92 Å². The molecule has 0 atom stereocenters. The van der Waals surface area contributed by atoms with Crippen LogP contribution in [0.2, 0.25) is 0 Å². The molecule has 0 bridgehead atoms. The van der Waals surface area contributed by atoms with Crippen molar-refractivity contribution in [3.05, 3.63) is 70.9 Å². The fraction of sp³-hybridized carbons (Fsp3) is 0.111. The Bertz CT molecular complexity index is 842. The minimum Gasteiger partial charge on any atom is -0.287 e. The Kier molecular flexibility index (Phi) is 4.21. The normalized spacial score (nSPS) is 10.6. The highest BCUT2D eigenvalue weighted by molar-refractivity contribution is 7.14. The van der Waals surface area contributed by atoms with Gasteiger partial charge in [0, 0.05) is 23.6 Å². The third-order valence-corrected chi connectivity index (χ3v) is 4.42. The molecule has 5 heteroatoms. The molecule has 2 aromatic carbocycles. The second-order valence-corrected chi connectivity index (χ2v) is 6.09. The first-order valence-electron chi connectivity index (χ1n) is 7.11. The number of benzene rings is 2. The highest BCUT2D eigenvalue weighted by Gasteiger charge is 2.17. The summed E-state index contributed by atoms with van der Waals surface area (Å²) in [5.74, 6) is -0.710. The van der Waals surface area contributed by atoms with E-state index in [1.54, 1.807) is 13.1 Å². The third kappa shape index (κ3) is 3.29. The van der Waals surface area contributed by atoms with Gasteiger partial charge in [0.15, 0.2) is 5.13 Å². The lowest BCUT2D eigenvalue weighted by Gasteiger charge is -2.13. The van der Waals surface area contributed by atoms with Gasteiger partial charge >= 0.3 is 0 Å². The zero-order chi connectivity index (χ0) is 16.4. The number of nitrogens with zero attached hydrogens (tertiary/aromatic N) is 2. The molecule has 0 unspecified atom stereocenters. The number of rotatable bonds is 3. The van der Waals surface area contributed by atoms with E-state index in [0.29, 0.717) is 10.7 Å². The summed E-state index contributed by atoms with van der Waals surface area (Å²) in [5, 5.41) is 2.49. The summed E-state index contributed by atoms with van der Waals surface area (Å²) >= 11 is 1.38. The molecule has 0 N–H and O–H groups in total. The maximum absolute atomic E-state index is 13.3. The number of amides is 1. The highest BCUT2D eigenvalue weighted by Crippen LogP contribution is 2.27. The largest absolute Gasteiger partial charge is 0.287 e. The molecule has 0 fully saturated rings. The van der Waals surface area contributed by atoms with Crippen LogP contribution in [-0.2, 0) is 0 Å². The van der Waals surface area contributed by atoms with Gasteiger partial charge in [0.2, 0.25) is 0 Å². The molecule has 1 heterocycles. The van der Waals surface area contributed by atoms with Crippen molar-refractivity contribution in [2.75, 3.05) is 11.9 Å². The number of hydrogen-bond donors (Lipinski definition) is 0. The maximum Gasteiger partial charge on any atom is 0.259 e. The number of anilines is 1. The number of carbonyl (C=O) groups is 1. The van der Waals surface area contributed by atoms with Crippen molar-refractivity contribution in [2.24, 2.45) is 0 Å². The predicted molar refractivity (Wildman–Crippen MR) is 91.4 cm³/mol. The molecule has 0 aliphatic heterocycles. The molecule has 0 saturated carbocycles. The molecule has 0 saturated heterocycles. The number of thiazole rings is 1. The van der Waals surface area contributed by atoms with Gasteiger partial charge in [0.1, 0.15) is 5.82 Å². The molecule has 3 rings (SSSR count).